The summed E-state index contributed by atoms with van der Waals surface area (Å²) in [5, 5.41) is 7.15. The molecule has 7 nitrogen and oxygen atoms in total. The molecule has 180 valence electrons. The Hall–Kier alpha value is -4.11. The van der Waals surface area contributed by atoms with Crippen LogP contribution in [-0.2, 0) is 4.79 Å². The van der Waals surface area contributed by atoms with Crippen molar-refractivity contribution in [2.75, 3.05) is 5.32 Å². The Morgan fingerprint density at radius 2 is 1.97 bits per heavy atom. The standard InChI is InChI=1S/C27H22FN5O2S/c1-14(16-3-2-4-18(28)11-16)30-25(35)20-13-29-22-8-7-17(12-19(20)22)21-9-10-23-26(31-21)36-27(32-23)33-24(34)15-5-6-15/h2-4,7-15,29H,5-6H2,1H3,(H,30,35)(H,32,33,34)/t14-/m0/s1. The highest BCUT2D eigenvalue weighted by Gasteiger charge is 2.30. The second-order valence-corrected chi connectivity index (χ2v) is 9.99. The lowest BCUT2D eigenvalue weighted by molar-refractivity contribution is -0.117. The molecular weight excluding hydrogens is 477 g/mol. The van der Waals surface area contributed by atoms with Crippen LogP contribution in [0.4, 0.5) is 9.52 Å². The van der Waals surface area contributed by atoms with Crippen molar-refractivity contribution in [3.63, 3.8) is 0 Å². The summed E-state index contributed by atoms with van der Waals surface area (Å²) in [6.07, 6.45) is 3.55. The number of halogens is 1. The summed E-state index contributed by atoms with van der Waals surface area (Å²) in [5.74, 6) is -0.466. The van der Waals surface area contributed by atoms with Gasteiger partial charge >= 0.3 is 0 Å². The van der Waals surface area contributed by atoms with Crippen LogP contribution in [0.1, 0.15) is 41.7 Å². The molecule has 0 unspecified atom stereocenters. The van der Waals surface area contributed by atoms with Gasteiger partial charge in [0, 0.05) is 28.6 Å². The van der Waals surface area contributed by atoms with Gasteiger partial charge in [-0.3, -0.25) is 9.59 Å². The number of amides is 2. The van der Waals surface area contributed by atoms with Gasteiger partial charge in [0.2, 0.25) is 5.91 Å². The van der Waals surface area contributed by atoms with Gasteiger partial charge in [0.1, 0.15) is 16.2 Å². The second kappa shape index (κ2) is 8.83. The molecule has 0 saturated heterocycles. The number of aromatic nitrogens is 3. The number of aromatic amines is 1. The monoisotopic (exact) mass is 499 g/mol. The smallest absolute Gasteiger partial charge is 0.253 e. The van der Waals surface area contributed by atoms with Gasteiger partial charge in [-0.05, 0) is 61.7 Å². The van der Waals surface area contributed by atoms with Crippen LogP contribution in [0.15, 0.2) is 60.8 Å². The van der Waals surface area contributed by atoms with Crippen LogP contribution < -0.4 is 10.6 Å². The van der Waals surface area contributed by atoms with Gasteiger partial charge in [-0.25, -0.2) is 14.4 Å². The predicted octanol–water partition coefficient (Wildman–Crippen LogP) is 5.82. The molecule has 9 heteroatoms. The van der Waals surface area contributed by atoms with Gasteiger partial charge in [-0.1, -0.05) is 29.5 Å². The van der Waals surface area contributed by atoms with Crippen molar-refractivity contribution < 1.29 is 14.0 Å². The van der Waals surface area contributed by atoms with Crippen molar-refractivity contribution in [3.05, 3.63) is 77.7 Å². The van der Waals surface area contributed by atoms with E-state index in [1.54, 1.807) is 18.3 Å². The van der Waals surface area contributed by atoms with Crippen molar-refractivity contribution >= 4 is 49.5 Å². The number of hydrogen-bond donors (Lipinski definition) is 3. The second-order valence-electron chi connectivity index (χ2n) is 9.02. The Kier molecular flexibility index (Phi) is 5.49. The van der Waals surface area contributed by atoms with E-state index in [-0.39, 0.29) is 29.6 Å². The van der Waals surface area contributed by atoms with Gasteiger partial charge < -0.3 is 15.6 Å². The number of rotatable bonds is 6. The summed E-state index contributed by atoms with van der Waals surface area (Å²) in [6, 6.07) is 15.4. The predicted molar refractivity (Wildman–Crippen MR) is 138 cm³/mol. The van der Waals surface area contributed by atoms with E-state index < -0.39 is 0 Å². The van der Waals surface area contributed by atoms with Gasteiger partial charge in [0.15, 0.2) is 5.13 Å². The fraction of sp³-hybridized carbons (Fsp3) is 0.185. The van der Waals surface area contributed by atoms with Crippen molar-refractivity contribution in [1.82, 2.24) is 20.3 Å². The Morgan fingerprint density at radius 3 is 2.78 bits per heavy atom. The largest absolute Gasteiger partial charge is 0.360 e. The summed E-state index contributed by atoms with van der Waals surface area (Å²) in [5.41, 5.74) is 4.34. The summed E-state index contributed by atoms with van der Waals surface area (Å²) < 4.78 is 13.6. The molecule has 5 aromatic rings. The number of H-pyrrole nitrogens is 1. The lowest BCUT2D eigenvalue weighted by Gasteiger charge is -2.14. The summed E-state index contributed by atoms with van der Waals surface area (Å²) in [4.78, 5) is 38.3. The molecule has 0 bridgehead atoms. The highest BCUT2D eigenvalue weighted by Crippen LogP contribution is 2.33. The molecule has 6 rings (SSSR count). The highest BCUT2D eigenvalue weighted by molar-refractivity contribution is 7.22. The lowest BCUT2D eigenvalue weighted by Crippen LogP contribution is -2.26. The third-order valence-corrected chi connectivity index (χ3v) is 7.23. The Labute approximate surface area is 209 Å². The summed E-state index contributed by atoms with van der Waals surface area (Å²) in [6.45, 7) is 1.82. The van der Waals surface area contributed by atoms with E-state index >= 15 is 0 Å². The zero-order valence-electron chi connectivity index (χ0n) is 19.3. The van der Waals surface area contributed by atoms with Crippen LogP contribution in [-0.4, -0.2) is 26.8 Å². The first-order valence-corrected chi connectivity index (χ1v) is 12.5. The first kappa shape index (κ1) is 22.4. The zero-order valence-corrected chi connectivity index (χ0v) is 20.2. The molecule has 1 atom stereocenters. The van der Waals surface area contributed by atoms with Crippen LogP contribution in [0.5, 0.6) is 0 Å². The summed E-state index contributed by atoms with van der Waals surface area (Å²) >= 11 is 1.35. The zero-order chi connectivity index (χ0) is 24.8. The first-order chi connectivity index (χ1) is 17.4. The van der Waals surface area contributed by atoms with Crippen molar-refractivity contribution in [1.29, 1.82) is 0 Å². The van der Waals surface area contributed by atoms with Gasteiger partial charge in [0.25, 0.3) is 5.91 Å². The topological polar surface area (TPSA) is 99.8 Å². The van der Waals surface area contributed by atoms with Gasteiger partial charge in [-0.15, -0.1) is 0 Å². The molecule has 3 heterocycles. The molecule has 0 spiro atoms. The lowest BCUT2D eigenvalue weighted by atomic mass is 10.0. The molecule has 3 N–H and O–H groups in total. The number of fused-ring (bicyclic) bond motifs is 2. The van der Waals surface area contributed by atoms with Crippen LogP contribution in [0, 0.1) is 11.7 Å². The maximum Gasteiger partial charge on any atom is 0.253 e. The molecule has 2 amide bonds. The van der Waals surface area contributed by atoms with Crippen LogP contribution in [0.2, 0.25) is 0 Å². The minimum absolute atomic E-state index is 0.0183. The van der Waals surface area contributed by atoms with Crippen LogP contribution in [0.3, 0.4) is 0 Å². The average molecular weight is 500 g/mol. The van der Waals surface area contributed by atoms with Crippen LogP contribution in [0.25, 0.3) is 32.5 Å². The number of thiazole rings is 1. The number of anilines is 1. The van der Waals surface area contributed by atoms with E-state index in [1.807, 2.05) is 37.3 Å². The van der Waals surface area contributed by atoms with E-state index in [0.717, 1.165) is 45.3 Å². The third kappa shape index (κ3) is 4.33. The maximum atomic E-state index is 13.6. The van der Waals surface area contributed by atoms with Crippen molar-refractivity contribution in [2.24, 2.45) is 5.92 Å². The van der Waals surface area contributed by atoms with E-state index in [0.29, 0.717) is 16.3 Å². The number of nitrogens with one attached hydrogen (secondary N) is 3. The van der Waals surface area contributed by atoms with E-state index in [1.165, 1.54) is 23.5 Å². The van der Waals surface area contributed by atoms with Crippen molar-refractivity contribution in [2.45, 2.75) is 25.8 Å². The van der Waals surface area contributed by atoms with E-state index in [2.05, 4.69) is 20.6 Å². The number of pyridine rings is 1. The molecular formula is C27H22FN5O2S. The fourth-order valence-corrected chi connectivity index (χ4v) is 5.03. The maximum absolute atomic E-state index is 13.6. The number of benzene rings is 2. The quantitative estimate of drug-likeness (QED) is 0.274. The number of carbonyl (C=O) groups is 2. The van der Waals surface area contributed by atoms with E-state index in [9.17, 15) is 14.0 Å². The minimum Gasteiger partial charge on any atom is -0.360 e. The Balaban J connectivity index is 1.27. The molecule has 2 aromatic carbocycles. The number of carbonyl (C=O) groups excluding carboxylic acids is 2. The Morgan fingerprint density at radius 1 is 1.11 bits per heavy atom. The van der Waals surface area contributed by atoms with Crippen LogP contribution >= 0.6 is 11.3 Å². The molecule has 1 saturated carbocycles. The third-order valence-electron chi connectivity index (χ3n) is 6.35. The molecule has 0 aliphatic heterocycles. The normalized spacial score (nSPS) is 14.2. The fourth-order valence-electron chi connectivity index (χ4n) is 4.19. The molecule has 1 aliphatic carbocycles. The highest BCUT2D eigenvalue weighted by atomic mass is 32.1. The average Bonchev–Trinajstić information content (AvgIpc) is 3.52. The van der Waals surface area contributed by atoms with Gasteiger partial charge in [0.05, 0.1) is 17.3 Å². The molecule has 1 fully saturated rings. The molecule has 0 radical (unpaired) electrons. The molecule has 3 aromatic heterocycles. The minimum atomic E-state index is -0.355. The number of nitrogens with zero attached hydrogens (tertiary/aromatic N) is 2. The van der Waals surface area contributed by atoms with Gasteiger partial charge in [-0.2, -0.15) is 0 Å². The number of hydrogen-bond acceptors (Lipinski definition) is 5. The Bertz CT molecular complexity index is 1640. The molecule has 36 heavy (non-hydrogen) atoms. The first-order valence-electron chi connectivity index (χ1n) is 11.7. The van der Waals surface area contributed by atoms with E-state index in [4.69, 9.17) is 4.98 Å². The van der Waals surface area contributed by atoms with Crippen molar-refractivity contribution in [3.8, 4) is 11.3 Å². The summed E-state index contributed by atoms with van der Waals surface area (Å²) in [7, 11) is 0. The SMILES string of the molecule is C[C@H](NC(=O)c1c[nH]c2ccc(-c3ccc4nc(NC(=O)C5CC5)sc4n3)cc12)c1cccc(F)c1. The molecule has 1 aliphatic rings.